The second-order valence-electron chi connectivity index (χ2n) is 6.96. The summed E-state index contributed by atoms with van der Waals surface area (Å²) in [7, 11) is -3.70. The molecule has 1 N–H and O–H groups in total. The zero-order chi connectivity index (χ0) is 24.0. The number of hydrogen-bond donors (Lipinski definition) is 1. The van der Waals surface area contributed by atoms with E-state index in [9.17, 15) is 13.2 Å². The third kappa shape index (κ3) is 5.55. The molecule has 10 heteroatoms. The molecule has 0 saturated heterocycles. The van der Waals surface area contributed by atoms with E-state index in [2.05, 4.69) is 10.3 Å². The lowest BCUT2D eigenvalue weighted by molar-refractivity contribution is -0.118. The van der Waals surface area contributed by atoms with Gasteiger partial charge < -0.3 is 14.8 Å². The third-order valence-corrected chi connectivity index (χ3v) is 7.28. The number of pyridine rings is 1. The highest BCUT2D eigenvalue weighted by molar-refractivity contribution is 7.89. The van der Waals surface area contributed by atoms with Crippen LogP contribution in [0.25, 0.3) is 10.9 Å². The first kappa shape index (κ1) is 24.8. The lowest BCUT2D eigenvalue weighted by atomic mass is 10.2. The number of carbonyl (C=O) groups excluding carboxylic acids is 1. The van der Waals surface area contributed by atoms with Crippen LogP contribution in [0.3, 0.4) is 0 Å². The number of halogens is 1. The minimum Gasteiger partial charge on any atom is -0.492 e. The van der Waals surface area contributed by atoms with Gasteiger partial charge in [-0.05, 0) is 49.4 Å². The van der Waals surface area contributed by atoms with Crippen LogP contribution in [0, 0.1) is 0 Å². The fourth-order valence-corrected chi connectivity index (χ4v) is 5.02. The van der Waals surface area contributed by atoms with Crippen LogP contribution in [-0.4, -0.2) is 49.9 Å². The number of rotatable bonds is 10. The maximum atomic E-state index is 12.9. The van der Waals surface area contributed by atoms with Crippen LogP contribution in [0.4, 0.5) is 5.69 Å². The van der Waals surface area contributed by atoms with Gasteiger partial charge in [0.05, 0.1) is 22.2 Å². The van der Waals surface area contributed by atoms with E-state index in [1.807, 2.05) is 6.07 Å². The molecule has 0 radical (unpaired) electrons. The van der Waals surface area contributed by atoms with Gasteiger partial charge >= 0.3 is 0 Å². The number of sulfonamides is 1. The average molecular weight is 492 g/mol. The van der Waals surface area contributed by atoms with E-state index in [1.165, 1.54) is 22.5 Å². The molecule has 0 aliphatic heterocycles. The molecule has 0 aliphatic rings. The van der Waals surface area contributed by atoms with Crippen molar-refractivity contribution in [3.63, 3.8) is 0 Å². The Hall–Kier alpha value is -2.88. The van der Waals surface area contributed by atoms with Crippen LogP contribution in [0.2, 0.25) is 5.02 Å². The van der Waals surface area contributed by atoms with E-state index in [1.54, 1.807) is 45.2 Å². The Morgan fingerprint density at radius 1 is 1.06 bits per heavy atom. The topological polar surface area (TPSA) is 97.8 Å². The van der Waals surface area contributed by atoms with Crippen LogP contribution < -0.4 is 14.8 Å². The second kappa shape index (κ2) is 10.8. The third-order valence-electron chi connectivity index (χ3n) is 4.91. The van der Waals surface area contributed by atoms with Crippen molar-refractivity contribution >= 4 is 44.1 Å². The van der Waals surface area contributed by atoms with E-state index in [0.717, 1.165) is 0 Å². The molecule has 0 bridgehead atoms. The van der Waals surface area contributed by atoms with Gasteiger partial charge in [0, 0.05) is 24.7 Å². The summed E-state index contributed by atoms with van der Waals surface area (Å²) in [5.74, 6) is 0.295. The summed E-state index contributed by atoms with van der Waals surface area (Å²) < 4.78 is 38.4. The first-order chi connectivity index (χ1) is 15.8. The molecule has 8 nitrogen and oxygen atoms in total. The lowest BCUT2D eigenvalue weighted by Gasteiger charge is -2.20. The maximum Gasteiger partial charge on any atom is 0.262 e. The van der Waals surface area contributed by atoms with Gasteiger partial charge in [-0.25, -0.2) is 8.42 Å². The molecule has 0 unspecified atom stereocenters. The number of carbonyl (C=O) groups is 1. The Labute approximate surface area is 198 Å². The number of fused-ring (bicyclic) bond motifs is 1. The smallest absolute Gasteiger partial charge is 0.262 e. The summed E-state index contributed by atoms with van der Waals surface area (Å²) >= 11 is 6.20. The number of anilines is 1. The Balaban J connectivity index is 1.82. The van der Waals surface area contributed by atoms with Gasteiger partial charge in [-0.15, -0.1) is 0 Å². The largest absolute Gasteiger partial charge is 0.492 e. The summed E-state index contributed by atoms with van der Waals surface area (Å²) in [6.07, 6.45) is 1.61. The Kier molecular flexibility index (Phi) is 8.12. The van der Waals surface area contributed by atoms with E-state index in [-0.39, 0.29) is 17.2 Å². The van der Waals surface area contributed by atoms with Crippen molar-refractivity contribution in [2.45, 2.75) is 25.7 Å². The van der Waals surface area contributed by atoms with E-state index in [4.69, 9.17) is 21.1 Å². The molecule has 3 aromatic rings. The molecule has 1 amide bonds. The normalized spacial score (nSPS) is 11.5. The van der Waals surface area contributed by atoms with Gasteiger partial charge in [0.15, 0.2) is 6.61 Å². The number of aromatic nitrogens is 1. The van der Waals surface area contributed by atoms with Gasteiger partial charge in [-0.3, -0.25) is 9.78 Å². The molecule has 1 aromatic heterocycles. The maximum absolute atomic E-state index is 12.9. The van der Waals surface area contributed by atoms with Crippen LogP contribution >= 0.6 is 11.6 Å². The predicted molar refractivity (Wildman–Crippen MR) is 129 cm³/mol. The first-order valence-electron chi connectivity index (χ1n) is 10.5. The molecule has 1 heterocycles. The first-order valence-corrected chi connectivity index (χ1v) is 12.4. The minimum absolute atomic E-state index is 0.0683. The quantitative estimate of drug-likeness (QED) is 0.453. The van der Waals surface area contributed by atoms with Crippen molar-refractivity contribution in [1.82, 2.24) is 9.29 Å². The van der Waals surface area contributed by atoms with Crippen molar-refractivity contribution in [3.05, 3.63) is 53.7 Å². The number of ether oxygens (including phenoxy) is 2. The zero-order valence-corrected chi connectivity index (χ0v) is 20.2. The molecule has 0 spiro atoms. The van der Waals surface area contributed by atoms with Crippen LogP contribution in [0.1, 0.15) is 20.8 Å². The standard InChI is InChI=1S/C23H26ClN3O5S/c1-4-27(5-2)33(29,30)16-9-11-20(31-6-3)19(14-16)26-22(28)15-32-21-12-10-18(24)17-8-7-13-25-23(17)21/h7-14H,4-6,15H2,1-3H3,(H,26,28). The molecular formula is C23H26ClN3O5S. The summed E-state index contributed by atoms with van der Waals surface area (Å²) in [5.41, 5.74) is 0.790. The highest BCUT2D eigenvalue weighted by atomic mass is 35.5. The monoisotopic (exact) mass is 491 g/mol. The fourth-order valence-electron chi connectivity index (χ4n) is 3.32. The van der Waals surface area contributed by atoms with Crippen molar-refractivity contribution in [2.75, 3.05) is 31.6 Å². The number of hydrogen-bond acceptors (Lipinski definition) is 6. The molecule has 0 saturated carbocycles. The molecule has 2 aromatic carbocycles. The number of benzene rings is 2. The van der Waals surface area contributed by atoms with Gasteiger partial charge in [0.2, 0.25) is 10.0 Å². The summed E-state index contributed by atoms with van der Waals surface area (Å²) in [5, 5.41) is 3.94. The molecule has 3 rings (SSSR count). The summed E-state index contributed by atoms with van der Waals surface area (Å²) in [6.45, 7) is 6.05. The minimum atomic E-state index is -3.70. The Morgan fingerprint density at radius 2 is 1.79 bits per heavy atom. The van der Waals surface area contributed by atoms with Crippen molar-refractivity contribution < 1.29 is 22.7 Å². The van der Waals surface area contributed by atoms with Gasteiger partial charge in [-0.2, -0.15) is 4.31 Å². The van der Waals surface area contributed by atoms with Crippen molar-refractivity contribution in [2.24, 2.45) is 0 Å². The summed E-state index contributed by atoms with van der Waals surface area (Å²) in [4.78, 5) is 17.0. The van der Waals surface area contributed by atoms with Gasteiger partial charge in [0.25, 0.3) is 5.91 Å². The molecule has 0 fully saturated rings. The zero-order valence-electron chi connectivity index (χ0n) is 18.7. The van der Waals surface area contributed by atoms with Gasteiger partial charge in [-0.1, -0.05) is 25.4 Å². The SMILES string of the molecule is CCOc1ccc(S(=O)(=O)N(CC)CC)cc1NC(=O)COc1ccc(Cl)c2cccnc12. The molecule has 176 valence electrons. The van der Waals surface area contributed by atoms with Crippen LogP contribution in [0.5, 0.6) is 11.5 Å². The highest BCUT2D eigenvalue weighted by Gasteiger charge is 2.23. The highest BCUT2D eigenvalue weighted by Crippen LogP contribution is 2.31. The summed E-state index contributed by atoms with van der Waals surface area (Å²) in [6, 6.07) is 11.3. The van der Waals surface area contributed by atoms with Crippen molar-refractivity contribution in [1.29, 1.82) is 0 Å². The molecule has 0 atom stereocenters. The fraction of sp³-hybridized carbons (Fsp3) is 0.304. The second-order valence-corrected chi connectivity index (χ2v) is 9.31. The average Bonchev–Trinajstić information content (AvgIpc) is 2.80. The predicted octanol–water partition coefficient (Wildman–Crippen LogP) is 4.33. The Morgan fingerprint density at radius 3 is 2.48 bits per heavy atom. The van der Waals surface area contributed by atoms with E-state index in [0.29, 0.717) is 47.1 Å². The van der Waals surface area contributed by atoms with E-state index >= 15 is 0 Å². The number of nitrogens with one attached hydrogen (secondary N) is 1. The van der Waals surface area contributed by atoms with Crippen molar-refractivity contribution in [3.8, 4) is 11.5 Å². The molecule has 0 aliphatic carbocycles. The van der Waals surface area contributed by atoms with Crippen LogP contribution in [0.15, 0.2) is 53.6 Å². The number of amides is 1. The van der Waals surface area contributed by atoms with E-state index < -0.39 is 15.9 Å². The molecular weight excluding hydrogens is 466 g/mol. The number of nitrogens with zero attached hydrogens (tertiary/aromatic N) is 2. The van der Waals surface area contributed by atoms with Gasteiger partial charge in [0.1, 0.15) is 17.0 Å². The van der Waals surface area contributed by atoms with Crippen LogP contribution in [-0.2, 0) is 14.8 Å². The Bertz CT molecular complexity index is 1250. The molecule has 33 heavy (non-hydrogen) atoms. The lowest BCUT2D eigenvalue weighted by Crippen LogP contribution is -2.30.